The molecule has 3 aromatic carbocycles. The van der Waals surface area contributed by atoms with E-state index in [1.54, 1.807) is 13.8 Å². The first-order chi connectivity index (χ1) is 15.5. The monoisotopic (exact) mass is 474 g/mol. The molecule has 0 aromatic heterocycles. The van der Waals surface area contributed by atoms with Gasteiger partial charge in [0.2, 0.25) is 0 Å². The van der Waals surface area contributed by atoms with Gasteiger partial charge in [0.25, 0.3) is 10.0 Å². The molecule has 3 rings (SSSR count). The van der Waals surface area contributed by atoms with E-state index < -0.39 is 38.4 Å². The summed E-state index contributed by atoms with van der Waals surface area (Å²) in [7, 11) is -4.27. The summed E-state index contributed by atoms with van der Waals surface area (Å²) in [4.78, 5) is 21.6. The highest BCUT2D eigenvalue weighted by atomic mass is 32.2. The molecule has 9 nitrogen and oxygen atoms in total. The van der Waals surface area contributed by atoms with Gasteiger partial charge in [-0.3, -0.25) is 9.52 Å². The van der Waals surface area contributed by atoms with Crippen LogP contribution < -0.4 is 14.8 Å². The normalized spacial score (nSPS) is 11.0. The standard InChI is InChI=1S/C22H19FN2O7S/c1-12-8-16(24-21(27)22(28)29)9-13(2)20(12)32-17-6-7-18(26)19(11-17)33(30,31)25-15-5-3-4-14(23)10-15/h3-11,25-26H,1-2H3,(H,24,27)(H,28,29). The van der Waals surface area contributed by atoms with Gasteiger partial charge in [-0.15, -0.1) is 0 Å². The molecule has 11 heteroatoms. The molecule has 0 heterocycles. The van der Waals surface area contributed by atoms with Crippen molar-refractivity contribution in [3.05, 3.63) is 71.5 Å². The molecule has 172 valence electrons. The molecule has 0 aliphatic heterocycles. The first-order valence-corrected chi connectivity index (χ1v) is 10.9. The summed E-state index contributed by atoms with van der Waals surface area (Å²) in [6.45, 7) is 3.31. The third kappa shape index (κ3) is 5.57. The summed E-state index contributed by atoms with van der Waals surface area (Å²) in [5.74, 6) is -3.56. The summed E-state index contributed by atoms with van der Waals surface area (Å²) in [6, 6.07) is 11.4. The number of hydrogen-bond donors (Lipinski definition) is 4. The van der Waals surface area contributed by atoms with Gasteiger partial charge in [0.15, 0.2) is 0 Å². The molecule has 0 aliphatic carbocycles. The number of benzene rings is 3. The quantitative estimate of drug-likeness (QED) is 0.399. The van der Waals surface area contributed by atoms with Crippen LogP contribution in [-0.2, 0) is 19.6 Å². The van der Waals surface area contributed by atoms with E-state index in [1.807, 2.05) is 0 Å². The minimum atomic E-state index is -4.27. The topological polar surface area (TPSA) is 142 Å². The Morgan fingerprint density at radius 2 is 1.64 bits per heavy atom. The second-order valence-corrected chi connectivity index (χ2v) is 8.70. The van der Waals surface area contributed by atoms with Crippen molar-refractivity contribution in [2.45, 2.75) is 18.7 Å². The first kappa shape index (κ1) is 23.5. The van der Waals surface area contributed by atoms with Crippen LogP contribution >= 0.6 is 0 Å². The lowest BCUT2D eigenvalue weighted by molar-refractivity contribution is -0.147. The predicted octanol–water partition coefficient (Wildman–Crippen LogP) is 3.76. The van der Waals surface area contributed by atoms with Crippen molar-refractivity contribution in [2.75, 3.05) is 10.0 Å². The largest absolute Gasteiger partial charge is 0.507 e. The SMILES string of the molecule is Cc1cc(NC(=O)C(=O)O)cc(C)c1Oc1ccc(O)c(S(=O)(=O)Nc2cccc(F)c2)c1. The number of carbonyl (C=O) groups excluding carboxylic acids is 1. The highest BCUT2D eigenvalue weighted by Gasteiger charge is 2.21. The van der Waals surface area contributed by atoms with Crippen LogP contribution in [0.2, 0.25) is 0 Å². The fourth-order valence-corrected chi connectivity index (χ4v) is 4.18. The molecular weight excluding hydrogens is 455 g/mol. The number of carbonyl (C=O) groups is 2. The second-order valence-electron chi connectivity index (χ2n) is 7.05. The fraction of sp³-hybridized carbons (Fsp3) is 0.0909. The summed E-state index contributed by atoms with van der Waals surface area (Å²) in [6.07, 6.45) is 0. The number of ether oxygens (including phenoxy) is 1. The maximum Gasteiger partial charge on any atom is 0.394 e. The molecule has 0 spiro atoms. The molecule has 33 heavy (non-hydrogen) atoms. The average molecular weight is 474 g/mol. The van der Waals surface area contributed by atoms with Crippen molar-refractivity contribution in [1.29, 1.82) is 0 Å². The van der Waals surface area contributed by atoms with E-state index in [-0.39, 0.29) is 17.1 Å². The molecule has 0 saturated carbocycles. The smallest absolute Gasteiger partial charge is 0.394 e. The number of carboxylic acid groups (broad SMARTS) is 1. The minimum Gasteiger partial charge on any atom is -0.507 e. The number of nitrogens with one attached hydrogen (secondary N) is 2. The summed E-state index contributed by atoms with van der Waals surface area (Å²) in [5, 5.41) is 21.1. The van der Waals surface area contributed by atoms with Crippen LogP contribution in [0.4, 0.5) is 15.8 Å². The Hall–Kier alpha value is -4.12. The third-order valence-electron chi connectivity index (χ3n) is 4.43. The van der Waals surface area contributed by atoms with E-state index in [4.69, 9.17) is 9.84 Å². The lowest BCUT2D eigenvalue weighted by Gasteiger charge is -2.15. The molecule has 0 saturated heterocycles. The summed E-state index contributed by atoms with van der Waals surface area (Å²) >= 11 is 0. The maximum absolute atomic E-state index is 13.4. The number of hydrogen-bond acceptors (Lipinski definition) is 6. The molecule has 0 fully saturated rings. The number of halogens is 1. The van der Waals surface area contributed by atoms with Gasteiger partial charge in [-0.05, 0) is 67.4 Å². The van der Waals surface area contributed by atoms with Gasteiger partial charge in [0.1, 0.15) is 28.0 Å². The number of aromatic hydroxyl groups is 1. The van der Waals surface area contributed by atoms with Crippen molar-refractivity contribution in [2.24, 2.45) is 0 Å². The van der Waals surface area contributed by atoms with Gasteiger partial charge in [0, 0.05) is 11.8 Å². The number of phenols is 1. The molecule has 3 aromatic rings. The van der Waals surface area contributed by atoms with Crippen LogP contribution in [0.5, 0.6) is 17.2 Å². The van der Waals surface area contributed by atoms with Crippen LogP contribution in [0.1, 0.15) is 11.1 Å². The van der Waals surface area contributed by atoms with Crippen LogP contribution in [0.15, 0.2) is 59.5 Å². The predicted molar refractivity (Wildman–Crippen MR) is 118 cm³/mol. The Labute approximate surface area is 188 Å². The van der Waals surface area contributed by atoms with Gasteiger partial charge in [-0.25, -0.2) is 17.6 Å². The number of rotatable bonds is 6. The van der Waals surface area contributed by atoms with Crippen molar-refractivity contribution < 1.29 is 37.3 Å². The molecule has 0 radical (unpaired) electrons. The van der Waals surface area contributed by atoms with Crippen molar-refractivity contribution >= 4 is 33.3 Å². The van der Waals surface area contributed by atoms with E-state index in [2.05, 4.69) is 10.0 Å². The van der Waals surface area contributed by atoms with Crippen molar-refractivity contribution in [3.63, 3.8) is 0 Å². The number of aliphatic carboxylic acids is 1. The zero-order valence-electron chi connectivity index (χ0n) is 17.4. The van der Waals surface area contributed by atoms with Crippen molar-refractivity contribution in [1.82, 2.24) is 0 Å². The fourth-order valence-electron chi connectivity index (χ4n) is 3.02. The molecule has 1 amide bonds. The molecule has 0 atom stereocenters. The Morgan fingerprint density at radius 3 is 2.24 bits per heavy atom. The first-order valence-electron chi connectivity index (χ1n) is 9.41. The number of aryl methyl sites for hydroxylation is 2. The Kier molecular flexibility index (Phi) is 6.54. The highest BCUT2D eigenvalue weighted by Crippen LogP contribution is 2.35. The number of carboxylic acids is 1. The van der Waals surface area contributed by atoms with E-state index in [0.717, 1.165) is 24.3 Å². The zero-order chi connectivity index (χ0) is 24.3. The zero-order valence-corrected chi connectivity index (χ0v) is 18.2. The average Bonchev–Trinajstić information content (AvgIpc) is 2.71. The van der Waals surface area contributed by atoms with E-state index >= 15 is 0 Å². The molecule has 0 unspecified atom stereocenters. The van der Waals surface area contributed by atoms with E-state index in [1.165, 1.54) is 30.3 Å². The molecule has 0 aliphatic rings. The molecule has 0 bridgehead atoms. The lowest BCUT2D eigenvalue weighted by Crippen LogP contribution is -2.21. The number of anilines is 2. The maximum atomic E-state index is 13.4. The number of phenolic OH excluding ortho intramolecular Hbond substituents is 1. The molecular formula is C22H19FN2O7S. The van der Waals surface area contributed by atoms with E-state index in [9.17, 15) is 27.5 Å². The van der Waals surface area contributed by atoms with Gasteiger partial charge >= 0.3 is 11.9 Å². The Morgan fingerprint density at radius 1 is 0.970 bits per heavy atom. The highest BCUT2D eigenvalue weighted by molar-refractivity contribution is 7.92. The molecule has 4 N–H and O–H groups in total. The van der Waals surface area contributed by atoms with E-state index in [0.29, 0.717) is 16.9 Å². The Bertz CT molecular complexity index is 1330. The van der Waals surface area contributed by atoms with Crippen molar-refractivity contribution in [3.8, 4) is 17.2 Å². The van der Waals surface area contributed by atoms with Crippen LogP contribution in [0.3, 0.4) is 0 Å². The van der Waals surface area contributed by atoms with Gasteiger partial charge in [-0.1, -0.05) is 6.07 Å². The van der Waals surface area contributed by atoms with Gasteiger partial charge in [-0.2, -0.15) is 0 Å². The summed E-state index contributed by atoms with van der Waals surface area (Å²) < 4.78 is 46.9. The van der Waals surface area contributed by atoms with Crippen LogP contribution in [0.25, 0.3) is 0 Å². The minimum absolute atomic E-state index is 0.0218. The second kappa shape index (κ2) is 9.17. The van der Waals surface area contributed by atoms with Crippen LogP contribution in [0, 0.1) is 19.7 Å². The van der Waals surface area contributed by atoms with Gasteiger partial charge < -0.3 is 20.3 Å². The third-order valence-corrected chi connectivity index (χ3v) is 5.84. The summed E-state index contributed by atoms with van der Waals surface area (Å²) in [5.41, 5.74) is 1.29. The Balaban J connectivity index is 1.89. The number of sulfonamides is 1. The number of amides is 1. The lowest BCUT2D eigenvalue weighted by atomic mass is 10.1. The van der Waals surface area contributed by atoms with Crippen LogP contribution in [-0.4, -0.2) is 30.5 Å². The van der Waals surface area contributed by atoms with Gasteiger partial charge in [0.05, 0.1) is 5.69 Å².